The number of carboxylic acid groups (broad SMARTS) is 1. The highest BCUT2D eigenvalue weighted by Gasteiger charge is 2.22. The summed E-state index contributed by atoms with van der Waals surface area (Å²) in [5, 5.41) is 12.5. The maximum absolute atomic E-state index is 11.2. The number of rotatable bonds is 4. The zero-order valence-electron chi connectivity index (χ0n) is 10.2. The van der Waals surface area contributed by atoms with Crippen molar-refractivity contribution < 1.29 is 9.90 Å². The van der Waals surface area contributed by atoms with Crippen LogP contribution in [0.25, 0.3) is 5.52 Å². The molecule has 0 aliphatic heterocycles. The molecular weight excluding hydrogens is 230 g/mol. The molecule has 0 atom stereocenters. The summed E-state index contributed by atoms with van der Waals surface area (Å²) in [4.78, 5) is 15.4. The largest absolute Gasteiger partial charge is 0.476 e. The second-order valence-corrected chi connectivity index (χ2v) is 4.80. The van der Waals surface area contributed by atoms with Crippen LogP contribution in [-0.2, 0) is 6.54 Å². The van der Waals surface area contributed by atoms with Gasteiger partial charge in [0.2, 0.25) is 0 Å². The SMILES string of the molecule is Cc1ccc2c(C(=O)O)nc(CNC3CC3)n2c1. The molecule has 0 aromatic carbocycles. The minimum atomic E-state index is -0.978. The average molecular weight is 245 g/mol. The fourth-order valence-corrected chi connectivity index (χ4v) is 2.06. The number of nitrogens with zero attached hydrogens (tertiary/aromatic N) is 2. The fourth-order valence-electron chi connectivity index (χ4n) is 2.06. The van der Waals surface area contributed by atoms with Crippen molar-refractivity contribution in [2.75, 3.05) is 0 Å². The molecule has 2 aromatic rings. The van der Waals surface area contributed by atoms with E-state index in [-0.39, 0.29) is 5.69 Å². The normalized spacial score (nSPS) is 15.2. The highest BCUT2D eigenvalue weighted by Crippen LogP contribution is 2.20. The van der Waals surface area contributed by atoms with E-state index in [0.29, 0.717) is 18.1 Å². The van der Waals surface area contributed by atoms with E-state index in [1.165, 1.54) is 12.8 Å². The Morgan fingerprint density at radius 1 is 1.56 bits per heavy atom. The lowest BCUT2D eigenvalue weighted by atomic mass is 10.2. The van der Waals surface area contributed by atoms with Crippen LogP contribution in [0.5, 0.6) is 0 Å². The van der Waals surface area contributed by atoms with Gasteiger partial charge in [0.1, 0.15) is 5.82 Å². The molecular formula is C13H15N3O2. The summed E-state index contributed by atoms with van der Waals surface area (Å²) in [7, 11) is 0. The minimum Gasteiger partial charge on any atom is -0.476 e. The monoisotopic (exact) mass is 245 g/mol. The Kier molecular flexibility index (Phi) is 2.56. The molecule has 0 amide bonds. The first-order valence-electron chi connectivity index (χ1n) is 6.09. The van der Waals surface area contributed by atoms with Gasteiger partial charge in [0.05, 0.1) is 12.1 Å². The topological polar surface area (TPSA) is 66.6 Å². The molecule has 0 radical (unpaired) electrons. The van der Waals surface area contributed by atoms with Crippen LogP contribution in [0.2, 0.25) is 0 Å². The van der Waals surface area contributed by atoms with Crippen molar-refractivity contribution >= 4 is 11.5 Å². The van der Waals surface area contributed by atoms with Crippen LogP contribution in [0.1, 0.15) is 34.7 Å². The number of carboxylic acids is 1. The number of aryl methyl sites for hydroxylation is 1. The maximum Gasteiger partial charge on any atom is 0.356 e. The van der Waals surface area contributed by atoms with E-state index in [1.54, 1.807) is 0 Å². The molecule has 1 fully saturated rings. The van der Waals surface area contributed by atoms with Crippen LogP contribution in [0, 0.1) is 6.92 Å². The third-order valence-electron chi connectivity index (χ3n) is 3.19. The van der Waals surface area contributed by atoms with Crippen molar-refractivity contribution in [1.29, 1.82) is 0 Å². The summed E-state index contributed by atoms with van der Waals surface area (Å²) < 4.78 is 1.87. The van der Waals surface area contributed by atoms with Gasteiger partial charge in [-0.15, -0.1) is 0 Å². The first-order valence-corrected chi connectivity index (χ1v) is 6.09. The van der Waals surface area contributed by atoms with Gasteiger partial charge in [-0.3, -0.25) is 0 Å². The number of carbonyl (C=O) groups is 1. The van der Waals surface area contributed by atoms with Crippen LogP contribution < -0.4 is 5.32 Å². The molecule has 1 aliphatic carbocycles. The molecule has 0 spiro atoms. The number of imidazole rings is 1. The molecule has 0 unspecified atom stereocenters. The van der Waals surface area contributed by atoms with E-state index < -0.39 is 5.97 Å². The van der Waals surface area contributed by atoms with E-state index in [4.69, 9.17) is 5.11 Å². The van der Waals surface area contributed by atoms with Crippen molar-refractivity contribution in [3.8, 4) is 0 Å². The third kappa shape index (κ3) is 1.97. The molecule has 0 saturated heterocycles. The summed E-state index contributed by atoms with van der Waals surface area (Å²) >= 11 is 0. The number of pyridine rings is 1. The molecule has 3 rings (SSSR count). The molecule has 1 saturated carbocycles. The zero-order valence-corrected chi connectivity index (χ0v) is 10.2. The van der Waals surface area contributed by atoms with E-state index in [9.17, 15) is 4.79 Å². The Morgan fingerprint density at radius 3 is 3.00 bits per heavy atom. The Bertz CT molecular complexity index is 614. The lowest BCUT2D eigenvalue weighted by Crippen LogP contribution is -2.17. The Morgan fingerprint density at radius 2 is 2.33 bits per heavy atom. The number of aromatic carboxylic acids is 1. The predicted molar refractivity (Wildman–Crippen MR) is 66.8 cm³/mol. The van der Waals surface area contributed by atoms with Crippen molar-refractivity contribution in [1.82, 2.24) is 14.7 Å². The summed E-state index contributed by atoms with van der Waals surface area (Å²) in [6.45, 7) is 2.60. The van der Waals surface area contributed by atoms with Gasteiger partial charge < -0.3 is 14.8 Å². The molecule has 0 bridgehead atoms. The smallest absolute Gasteiger partial charge is 0.356 e. The van der Waals surface area contributed by atoms with E-state index >= 15 is 0 Å². The number of fused-ring (bicyclic) bond motifs is 1. The molecule has 2 heterocycles. The molecule has 5 heteroatoms. The van der Waals surface area contributed by atoms with Gasteiger partial charge >= 0.3 is 5.97 Å². The summed E-state index contributed by atoms with van der Waals surface area (Å²) in [6.07, 6.45) is 4.33. The predicted octanol–water partition coefficient (Wildman–Crippen LogP) is 1.59. The van der Waals surface area contributed by atoms with Gasteiger partial charge in [0, 0.05) is 12.2 Å². The van der Waals surface area contributed by atoms with Crippen molar-refractivity contribution in [3.05, 3.63) is 35.4 Å². The van der Waals surface area contributed by atoms with Crippen molar-refractivity contribution in [2.24, 2.45) is 0 Å². The first kappa shape index (κ1) is 11.2. The fraction of sp³-hybridized carbons (Fsp3) is 0.385. The van der Waals surface area contributed by atoms with Gasteiger partial charge in [0.25, 0.3) is 0 Å². The van der Waals surface area contributed by atoms with Crippen molar-refractivity contribution in [2.45, 2.75) is 32.4 Å². The average Bonchev–Trinajstić information content (AvgIpc) is 3.08. The summed E-state index contributed by atoms with van der Waals surface area (Å²) in [6, 6.07) is 4.30. The number of nitrogens with one attached hydrogen (secondary N) is 1. The molecule has 1 aliphatic rings. The Hall–Kier alpha value is -1.88. The number of hydrogen-bond acceptors (Lipinski definition) is 3. The quantitative estimate of drug-likeness (QED) is 0.858. The molecule has 94 valence electrons. The van der Waals surface area contributed by atoms with Crippen LogP contribution >= 0.6 is 0 Å². The summed E-state index contributed by atoms with van der Waals surface area (Å²) in [5.74, 6) is -0.216. The van der Waals surface area contributed by atoms with Gasteiger partial charge in [0.15, 0.2) is 5.69 Å². The lowest BCUT2D eigenvalue weighted by molar-refractivity contribution is 0.0693. The van der Waals surface area contributed by atoms with E-state index in [1.807, 2.05) is 29.7 Å². The minimum absolute atomic E-state index is 0.127. The first-order chi connectivity index (χ1) is 8.65. The maximum atomic E-state index is 11.2. The molecule has 2 N–H and O–H groups in total. The van der Waals surface area contributed by atoms with Crippen LogP contribution in [0.4, 0.5) is 0 Å². The molecule has 18 heavy (non-hydrogen) atoms. The second kappa shape index (κ2) is 4.10. The third-order valence-corrected chi connectivity index (χ3v) is 3.19. The lowest BCUT2D eigenvalue weighted by Gasteiger charge is -2.03. The van der Waals surface area contributed by atoms with Crippen LogP contribution in [0.15, 0.2) is 18.3 Å². The zero-order chi connectivity index (χ0) is 12.7. The van der Waals surface area contributed by atoms with Gasteiger partial charge in [-0.2, -0.15) is 0 Å². The number of aromatic nitrogens is 2. The Balaban J connectivity index is 2.04. The highest BCUT2D eigenvalue weighted by molar-refractivity contribution is 5.93. The number of hydrogen-bond donors (Lipinski definition) is 2. The van der Waals surface area contributed by atoms with E-state index in [2.05, 4.69) is 10.3 Å². The molecule has 5 nitrogen and oxygen atoms in total. The standard InChI is InChI=1S/C13H15N3O2/c1-8-2-5-10-12(13(17)18)15-11(16(10)7-8)6-14-9-3-4-9/h2,5,7,9,14H,3-4,6H2,1H3,(H,17,18). The second-order valence-electron chi connectivity index (χ2n) is 4.80. The Labute approximate surface area is 104 Å². The van der Waals surface area contributed by atoms with E-state index in [0.717, 1.165) is 11.4 Å². The van der Waals surface area contributed by atoms with Gasteiger partial charge in [-0.05, 0) is 31.4 Å². The molecule has 2 aromatic heterocycles. The summed E-state index contributed by atoms with van der Waals surface area (Å²) in [5.41, 5.74) is 1.87. The van der Waals surface area contributed by atoms with Crippen LogP contribution in [0.3, 0.4) is 0 Å². The van der Waals surface area contributed by atoms with Crippen molar-refractivity contribution in [3.63, 3.8) is 0 Å². The highest BCUT2D eigenvalue weighted by atomic mass is 16.4. The van der Waals surface area contributed by atoms with Gasteiger partial charge in [-0.1, -0.05) is 6.07 Å². The van der Waals surface area contributed by atoms with Gasteiger partial charge in [-0.25, -0.2) is 9.78 Å². The van der Waals surface area contributed by atoms with Crippen LogP contribution in [-0.4, -0.2) is 26.5 Å².